The summed E-state index contributed by atoms with van der Waals surface area (Å²) in [6, 6.07) is 5.68. The summed E-state index contributed by atoms with van der Waals surface area (Å²) in [5, 5.41) is 4.01. The van der Waals surface area contributed by atoms with Gasteiger partial charge in [0.25, 0.3) is 5.89 Å². The Kier molecular flexibility index (Phi) is 4.10. The zero-order valence-corrected chi connectivity index (χ0v) is 13.3. The monoisotopic (exact) mass is 373 g/mol. The number of ether oxygens (including phenoxy) is 1. The molecule has 1 aromatic heterocycles. The van der Waals surface area contributed by atoms with E-state index in [1.165, 1.54) is 0 Å². The topological polar surface area (TPSA) is 74.2 Å². The predicted molar refractivity (Wildman–Crippen MR) is 81.5 cm³/mol. The average Bonchev–Trinajstić information content (AvgIpc) is 2.90. The molecule has 0 bridgehead atoms. The molecule has 1 aromatic carbocycles. The van der Waals surface area contributed by atoms with Crippen LogP contribution in [0.3, 0.4) is 0 Å². The van der Waals surface area contributed by atoms with Crippen molar-refractivity contribution >= 4 is 28.3 Å². The van der Waals surface area contributed by atoms with E-state index in [1.807, 2.05) is 32.0 Å². The molecular formula is C13H16IN3O2. The minimum absolute atomic E-state index is 0.419. The largest absolute Gasteiger partial charge is 0.398 e. The van der Waals surface area contributed by atoms with Gasteiger partial charge in [0.15, 0.2) is 0 Å². The highest BCUT2D eigenvalue weighted by atomic mass is 127. The van der Waals surface area contributed by atoms with Crippen LogP contribution in [0.2, 0.25) is 0 Å². The molecule has 2 rings (SSSR count). The SMILES string of the molecule is CCC(C)(OC)c1noc(-c2cc(I)ccc2N)n1. The summed E-state index contributed by atoms with van der Waals surface area (Å²) >= 11 is 2.22. The molecule has 6 heteroatoms. The summed E-state index contributed by atoms with van der Waals surface area (Å²) in [6.07, 6.45) is 0.754. The third kappa shape index (κ3) is 2.74. The van der Waals surface area contributed by atoms with Gasteiger partial charge in [0.2, 0.25) is 5.82 Å². The van der Waals surface area contributed by atoms with Crippen LogP contribution < -0.4 is 5.73 Å². The highest BCUT2D eigenvalue weighted by molar-refractivity contribution is 14.1. The van der Waals surface area contributed by atoms with Crippen molar-refractivity contribution in [2.75, 3.05) is 12.8 Å². The van der Waals surface area contributed by atoms with Gasteiger partial charge in [-0.3, -0.25) is 0 Å². The smallest absolute Gasteiger partial charge is 0.260 e. The predicted octanol–water partition coefficient (Wildman–Crippen LogP) is 3.20. The fourth-order valence-corrected chi connectivity index (χ4v) is 2.15. The van der Waals surface area contributed by atoms with Crippen LogP contribution >= 0.6 is 22.6 Å². The summed E-state index contributed by atoms with van der Waals surface area (Å²) in [5.41, 5.74) is 6.77. The van der Waals surface area contributed by atoms with Crippen molar-refractivity contribution in [1.82, 2.24) is 10.1 Å². The summed E-state index contributed by atoms with van der Waals surface area (Å²) in [4.78, 5) is 4.41. The second-order valence-corrected chi connectivity index (χ2v) is 5.69. The average molecular weight is 373 g/mol. The van der Waals surface area contributed by atoms with Crippen LogP contribution in [0.5, 0.6) is 0 Å². The Morgan fingerprint density at radius 1 is 1.47 bits per heavy atom. The van der Waals surface area contributed by atoms with E-state index in [-0.39, 0.29) is 0 Å². The Morgan fingerprint density at radius 2 is 2.21 bits per heavy atom. The third-order valence-electron chi connectivity index (χ3n) is 3.27. The van der Waals surface area contributed by atoms with Gasteiger partial charge < -0.3 is 15.0 Å². The molecule has 1 unspecified atom stereocenters. The first-order valence-corrected chi connectivity index (χ1v) is 7.02. The van der Waals surface area contributed by atoms with Gasteiger partial charge >= 0.3 is 0 Å². The Morgan fingerprint density at radius 3 is 2.84 bits per heavy atom. The first-order valence-electron chi connectivity index (χ1n) is 5.95. The zero-order valence-electron chi connectivity index (χ0n) is 11.1. The number of nitrogen functional groups attached to an aromatic ring is 1. The summed E-state index contributed by atoms with van der Waals surface area (Å²) in [5.74, 6) is 0.952. The number of rotatable bonds is 4. The molecule has 0 amide bonds. The molecule has 0 saturated heterocycles. The van der Waals surface area contributed by atoms with E-state index in [0.717, 1.165) is 15.6 Å². The van der Waals surface area contributed by atoms with E-state index in [1.54, 1.807) is 7.11 Å². The number of halogens is 1. The lowest BCUT2D eigenvalue weighted by atomic mass is 10.0. The maximum atomic E-state index is 5.94. The number of nitrogens with zero attached hydrogens (tertiary/aromatic N) is 2. The van der Waals surface area contributed by atoms with Crippen LogP contribution in [0.25, 0.3) is 11.5 Å². The van der Waals surface area contributed by atoms with Gasteiger partial charge in [-0.1, -0.05) is 12.1 Å². The highest BCUT2D eigenvalue weighted by Gasteiger charge is 2.30. The van der Waals surface area contributed by atoms with Gasteiger partial charge in [-0.15, -0.1) is 0 Å². The normalized spacial score (nSPS) is 14.3. The molecule has 0 aliphatic heterocycles. The minimum atomic E-state index is -0.543. The van der Waals surface area contributed by atoms with Gasteiger partial charge in [0, 0.05) is 16.4 Å². The van der Waals surface area contributed by atoms with E-state index in [4.69, 9.17) is 15.0 Å². The van der Waals surface area contributed by atoms with E-state index in [9.17, 15) is 0 Å². The Labute approximate surface area is 125 Å². The van der Waals surface area contributed by atoms with Crippen LogP contribution in [0.1, 0.15) is 26.1 Å². The van der Waals surface area contributed by atoms with E-state index < -0.39 is 5.60 Å². The van der Waals surface area contributed by atoms with Crippen molar-refractivity contribution in [2.45, 2.75) is 25.9 Å². The maximum Gasteiger partial charge on any atom is 0.260 e. The number of hydrogen-bond acceptors (Lipinski definition) is 5. The molecule has 19 heavy (non-hydrogen) atoms. The molecule has 0 saturated carbocycles. The molecule has 2 N–H and O–H groups in total. The van der Waals surface area contributed by atoms with Gasteiger partial charge in [-0.25, -0.2) is 0 Å². The van der Waals surface area contributed by atoms with Crippen molar-refractivity contribution < 1.29 is 9.26 Å². The second-order valence-electron chi connectivity index (χ2n) is 4.44. The second kappa shape index (κ2) is 5.46. The number of benzene rings is 1. The van der Waals surface area contributed by atoms with E-state index in [2.05, 4.69) is 32.7 Å². The third-order valence-corrected chi connectivity index (χ3v) is 3.94. The van der Waals surface area contributed by atoms with Gasteiger partial charge in [-0.05, 0) is 54.1 Å². The Balaban J connectivity index is 2.44. The lowest BCUT2D eigenvalue weighted by molar-refractivity contribution is -0.0106. The maximum absolute atomic E-state index is 5.94. The quantitative estimate of drug-likeness (QED) is 0.658. The molecule has 0 aliphatic rings. The van der Waals surface area contributed by atoms with Gasteiger partial charge in [-0.2, -0.15) is 4.98 Å². The first kappa shape index (κ1) is 14.3. The van der Waals surface area contributed by atoms with Crippen molar-refractivity contribution in [3.8, 4) is 11.5 Å². The fraction of sp³-hybridized carbons (Fsp3) is 0.385. The molecule has 1 heterocycles. The van der Waals surface area contributed by atoms with Crippen LogP contribution in [-0.4, -0.2) is 17.3 Å². The lowest BCUT2D eigenvalue weighted by Crippen LogP contribution is -2.24. The molecule has 1 atom stereocenters. The number of methoxy groups -OCH3 is 1. The van der Waals surface area contributed by atoms with Crippen molar-refractivity contribution in [3.05, 3.63) is 27.6 Å². The molecular weight excluding hydrogens is 357 g/mol. The molecule has 5 nitrogen and oxygen atoms in total. The highest BCUT2D eigenvalue weighted by Crippen LogP contribution is 2.30. The van der Waals surface area contributed by atoms with Gasteiger partial charge in [0.05, 0.1) is 5.56 Å². The van der Waals surface area contributed by atoms with Crippen molar-refractivity contribution in [3.63, 3.8) is 0 Å². The zero-order chi connectivity index (χ0) is 14.0. The number of hydrogen-bond donors (Lipinski definition) is 1. The standard InChI is InChI=1S/C13H16IN3O2/c1-4-13(2,18-3)12-16-11(19-17-12)9-7-8(14)5-6-10(9)15/h5-7H,4,15H2,1-3H3. The summed E-state index contributed by atoms with van der Waals surface area (Å²) < 4.78 is 11.8. The molecule has 102 valence electrons. The van der Waals surface area contributed by atoms with E-state index in [0.29, 0.717) is 17.4 Å². The molecule has 0 radical (unpaired) electrons. The van der Waals surface area contributed by atoms with Crippen LogP contribution in [0.4, 0.5) is 5.69 Å². The Bertz CT molecular complexity index is 579. The van der Waals surface area contributed by atoms with E-state index >= 15 is 0 Å². The molecule has 0 aliphatic carbocycles. The summed E-state index contributed by atoms with van der Waals surface area (Å²) in [6.45, 7) is 3.94. The number of anilines is 1. The minimum Gasteiger partial charge on any atom is -0.398 e. The Hall–Kier alpha value is -1.15. The van der Waals surface area contributed by atoms with Gasteiger partial charge in [0.1, 0.15) is 5.60 Å². The fourth-order valence-electron chi connectivity index (χ4n) is 1.66. The van der Waals surface area contributed by atoms with Crippen molar-refractivity contribution in [2.24, 2.45) is 0 Å². The van der Waals surface area contributed by atoms with Crippen LogP contribution in [0.15, 0.2) is 22.7 Å². The molecule has 0 fully saturated rings. The summed E-state index contributed by atoms with van der Waals surface area (Å²) in [7, 11) is 1.64. The molecule has 2 aromatic rings. The first-order chi connectivity index (χ1) is 9.00. The van der Waals surface area contributed by atoms with Crippen LogP contribution in [-0.2, 0) is 10.3 Å². The number of nitrogens with two attached hydrogens (primary N) is 1. The lowest BCUT2D eigenvalue weighted by Gasteiger charge is -2.21. The van der Waals surface area contributed by atoms with Crippen LogP contribution in [0, 0.1) is 3.57 Å². The number of aromatic nitrogens is 2. The molecule has 0 spiro atoms. The van der Waals surface area contributed by atoms with Crippen molar-refractivity contribution in [1.29, 1.82) is 0 Å².